The first-order chi connectivity index (χ1) is 30.1. The van der Waals surface area contributed by atoms with Crippen LogP contribution in [0, 0.1) is 0 Å². The lowest BCUT2D eigenvalue weighted by atomic mass is 10.0. The second kappa shape index (κ2) is 44.6. The van der Waals surface area contributed by atoms with Crippen LogP contribution in [-0.4, -0.2) is 75.5 Å². The minimum atomic E-state index is -1.13. The lowest BCUT2D eigenvalue weighted by molar-refractivity contribution is -0.889. The van der Waals surface area contributed by atoms with Crippen molar-refractivity contribution in [3.8, 4) is 0 Å². The Balaban J connectivity index is 4.29. The molecule has 0 saturated heterocycles. The van der Waals surface area contributed by atoms with Crippen molar-refractivity contribution in [3.05, 3.63) is 60.8 Å². The van der Waals surface area contributed by atoms with E-state index in [1.54, 1.807) is 21.1 Å². The van der Waals surface area contributed by atoms with Crippen LogP contribution in [-0.2, 0) is 28.6 Å². The van der Waals surface area contributed by atoms with Gasteiger partial charge in [0.15, 0.2) is 6.10 Å². The smallest absolute Gasteiger partial charge is 0.306 e. The highest BCUT2D eigenvalue weighted by molar-refractivity contribution is 5.70. The number of carbonyl (C=O) groups excluding carboxylic acids is 3. The van der Waals surface area contributed by atoms with Gasteiger partial charge in [-0.1, -0.05) is 197 Å². The molecular weight excluding hydrogens is 775 g/mol. The number of carboxylic acid groups (broad SMARTS) is 1. The Labute approximate surface area is 381 Å². The predicted octanol–water partition coefficient (Wildman–Crippen LogP) is 13.2. The Morgan fingerprint density at radius 1 is 0.500 bits per heavy atom. The van der Waals surface area contributed by atoms with Gasteiger partial charge < -0.3 is 28.6 Å². The third-order valence-electron chi connectivity index (χ3n) is 11.2. The van der Waals surface area contributed by atoms with E-state index in [0.29, 0.717) is 12.8 Å². The summed E-state index contributed by atoms with van der Waals surface area (Å²) in [5, 5.41) is 11.7. The number of allylic oxidation sites excluding steroid dienone is 10. The number of hydrogen-bond donors (Lipinski definition) is 0. The number of nitrogens with zero attached hydrogens (tertiary/aromatic N) is 1. The molecule has 0 fully saturated rings. The fourth-order valence-corrected chi connectivity index (χ4v) is 7.27. The molecule has 0 bridgehead atoms. The van der Waals surface area contributed by atoms with Gasteiger partial charge in [-0.05, 0) is 57.8 Å². The first kappa shape index (κ1) is 59.0. The fourth-order valence-electron chi connectivity index (χ4n) is 7.27. The van der Waals surface area contributed by atoms with Crippen LogP contribution in [0.15, 0.2) is 60.8 Å². The summed E-state index contributed by atoms with van der Waals surface area (Å²) >= 11 is 0. The van der Waals surface area contributed by atoms with Gasteiger partial charge in [0, 0.05) is 19.3 Å². The highest BCUT2D eigenvalue weighted by Crippen LogP contribution is 2.15. The van der Waals surface area contributed by atoms with Crippen LogP contribution >= 0.6 is 0 Å². The third-order valence-corrected chi connectivity index (χ3v) is 11.2. The summed E-state index contributed by atoms with van der Waals surface area (Å²) in [4.78, 5) is 37.0. The van der Waals surface area contributed by atoms with Crippen molar-refractivity contribution in [1.82, 2.24) is 0 Å². The van der Waals surface area contributed by atoms with Crippen LogP contribution in [0.3, 0.4) is 0 Å². The summed E-state index contributed by atoms with van der Waals surface area (Å²) in [6.45, 7) is 4.55. The Morgan fingerprint density at radius 2 is 0.903 bits per heavy atom. The number of ether oxygens (including phenoxy) is 3. The number of esters is 2. The molecule has 62 heavy (non-hydrogen) atoms. The third kappa shape index (κ3) is 42.3. The second-order valence-corrected chi connectivity index (χ2v) is 18.0. The largest absolute Gasteiger partial charge is 0.544 e. The monoisotopic (exact) mass is 870 g/mol. The van der Waals surface area contributed by atoms with Gasteiger partial charge in [0.05, 0.1) is 40.3 Å². The fraction of sp³-hybridized carbons (Fsp3) is 0.759. The van der Waals surface area contributed by atoms with E-state index in [4.69, 9.17) is 14.2 Å². The molecule has 0 aromatic rings. The number of unbranched alkanes of at least 4 members (excludes halogenated alkanes) is 21. The summed E-state index contributed by atoms with van der Waals surface area (Å²) in [6, 6.07) is -0.730. The van der Waals surface area contributed by atoms with Crippen molar-refractivity contribution < 1.29 is 38.2 Å². The van der Waals surface area contributed by atoms with Gasteiger partial charge in [-0.3, -0.25) is 9.59 Å². The zero-order chi connectivity index (χ0) is 45.6. The van der Waals surface area contributed by atoms with Crippen molar-refractivity contribution in [1.29, 1.82) is 0 Å². The Kier molecular flexibility index (Phi) is 42.5. The van der Waals surface area contributed by atoms with Gasteiger partial charge in [-0.2, -0.15) is 0 Å². The maximum absolute atomic E-state index is 12.8. The zero-order valence-electron chi connectivity index (χ0n) is 40.8. The lowest BCUT2D eigenvalue weighted by Gasteiger charge is -2.34. The van der Waals surface area contributed by atoms with Crippen LogP contribution in [0.1, 0.15) is 213 Å². The van der Waals surface area contributed by atoms with E-state index < -0.39 is 18.1 Å². The molecule has 0 aliphatic heterocycles. The molecule has 0 spiro atoms. The molecule has 0 aromatic carbocycles. The molecule has 0 radical (unpaired) electrons. The van der Waals surface area contributed by atoms with E-state index in [0.717, 1.165) is 83.5 Å². The lowest BCUT2D eigenvalue weighted by Crippen LogP contribution is -2.55. The number of likely N-dealkylation sites (N-methyl/N-ethyl adjacent to an activating group) is 1. The van der Waals surface area contributed by atoms with Gasteiger partial charge in [-0.15, -0.1) is 0 Å². The number of carbonyl (C=O) groups is 3. The standard InChI is InChI=1S/C54H95NO7/c1-6-8-10-12-14-16-18-20-22-24-25-26-27-28-29-31-33-35-37-39-41-43-45-53(57)62-50(48-60-47-46-51(54(58)59)55(3,4)5)49-61-52(56)44-42-40-38-36-34-32-30-23-21-19-17-15-13-11-9-7-2/h8,10,14,16,20,22,25-26,28-29,50-51H,6-7,9,11-13,15,17-19,21,23-24,27,30-49H2,1-5H3/b10-8+,16-14+,22-20+,26-25+,29-28+. The second-order valence-electron chi connectivity index (χ2n) is 18.0. The van der Waals surface area contributed by atoms with E-state index in [1.807, 2.05) is 0 Å². The highest BCUT2D eigenvalue weighted by Gasteiger charge is 2.25. The summed E-state index contributed by atoms with van der Waals surface area (Å²) in [5.41, 5.74) is 0. The van der Waals surface area contributed by atoms with E-state index in [9.17, 15) is 19.5 Å². The summed E-state index contributed by atoms with van der Waals surface area (Å²) in [7, 11) is 5.41. The minimum Gasteiger partial charge on any atom is -0.544 e. The first-order valence-corrected chi connectivity index (χ1v) is 25.3. The normalized spacial score (nSPS) is 13.4. The first-order valence-electron chi connectivity index (χ1n) is 25.3. The molecule has 0 aliphatic carbocycles. The maximum Gasteiger partial charge on any atom is 0.306 e. The van der Waals surface area contributed by atoms with Crippen LogP contribution in [0.5, 0.6) is 0 Å². The Hall–Kier alpha value is -2.97. The molecule has 0 aliphatic rings. The number of quaternary nitrogens is 1. The molecule has 0 saturated carbocycles. The molecule has 2 unspecified atom stereocenters. The molecule has 8 nitrogen and oxygen atoms in total. The van der Waals surface area contributed by atoms with Crippen LogP contribution < -0.4 is 5.11 Å². The van der Waals surface area contributed by atoms with E-state index in [-0.39, 0.29) is 42.7 Å². The van der Waals surface area contributed by atoms with Crippen molar-refractivity contribution in [3.63, 3.8) is 0 Å². The average Bonchev–Trinajstić information content (AvgIpc) is 3.23. The van der Waals surface area contributed by atoms with Crippen LogP contribution in [0.25, 0.3) is 0 Å². The van der Waals surface area contributed by atoms with Gasteiger partial charge in [-0.25, -0.2) is 0 Å². The highest BCUT2D eigenvalue weighted by atomic mass is 16.6. The molecule has 0 aromatic heterocycles. The number of rotatable bonds is 45. The summed E-state index contributed by atoms with van der Waals surface area (Å²) < 4.78 is 17.2. The molecule has 0 amide bonds. The van der Waals surface area contributed by atoms with Crippen LogP contribution in [0.2, 0.25) is 0 Å². The molecular formula is C54H95NO7. The van der Waals surface area contributed by atoms with Crippen molar-refractivity contribution >= 4 is 17.9 Å². The Bertz CT molecular complexity index is 1200. The topological polar surface area (TPSA) is 102 Å². The molecule has 0 N–H and O–H groups in total. The van der Waals surface area contributed by atoms with Crippen LogP contribution in [0.4, 0.5) is 0 Å². The van der Waals surface area contributed by atoms with E-state index in [1.165, 1.54) is 96.3 Å². The summed E-state index contributed by atoms with van der Waals surface area (Å²) in [6.07, 6.45) is 55.3. The number of carboxylic acids is 1. The number of aliphatic carboxylic acids is 1. The quantitative estimate of drug-likeness (QED) is 0.0260. The predicted molar refractivity (Wildman–Crippen MR) is 259 cm³/mol. The van der Waals surface area contributed by atoms with Crippen molar-refractivity contribution in [2.24, 2.45) is 0 Å². The summed E-state index contributed by atoms with van der Waals surface area (Å²) in [5.74, 6) is -1.75. The number of hydrogen-bond acceptors (Lipinski definition) is 7. The minimum absolute atomic E-state index is 0.0346. The zero-order valence-corrected chi connectivity index (χ0v) is 40.8. The molecule has 2 atom stereocenters. The van der Waals surface area contributed by atoms with E-state index in [2.05, 4.69) is 74.6 Å². The molecule has 0 heterocycles. The van der Waals surface area contributed by atoms with Gasteiger partial charge in [0.25, 0.3) is 0 Å². The van der Waals surface area contributed by atoms with E-state index >= 15 is 0 Å². The maximum atomic E-state index is 12.8. The molecule has 0 rings (SSSR count). The van der Waals surface area contributed by atoms with Gasteiger partial charge >= 0.3 is 11.9 Å². The average molecular weight is 870 g/mol. The molecule has 8 heteroatoms. The van der Waals surface area contributed by atoms with Gasteiger partial charge in [0.1, 0.15) is 12.6 Å². The van der Waals surface area contributed by atoms with Crippen molar-refractivity contribution in [2.45, 2.75) is 225 Å². The Morgan fingerprint density at radius 3 is 1.34 bits per heavy atom. The van der Waals surface area contributed by atoms with Gasteiger partial charge in [0.2, 0.25) is 0 Å². The van der Waals surface area contributed by atoms with Crippen molar-refractivity contribution in [2.75, 3.05) is 41.0 Å². The molecule has 358 valence electrons. The SMILES string of the molecule is CC/C=C/C/C=C/C/C=C/C/C=C/C/C=C/CCCCCCCCC(=O)OC(COCCC(C(=O)[O-])[N+](C)(C)C)COC(=O)CCCCCCCCCCCCCCCCCC.